The van der Waals surface area contributed by atoms with Crippen molar-refractivity contribution in [3.8, 4) is 0 Å². The van der Waals surface area contributed by atoms with Gasteiger partial charge < -0.3 is 10.2 Å². The van der Waals surface area contributed by atoms with Crippen molar-refractivity contribution in [3.05, 3.63) is 47.5 Å². The van der Waals surface area contributed by atoms with E-state index < -0.39 is 0 Å². The fraction of sp³-hybridized carbons (Fsp3) is 0.778. The molecule has 0 saturated carbocycles. The lowest BCUT2D eigenvalue weighted by Gasteiger charge is -2.53. The normalized spacial score (nSPS) is 15.6. The van der Waals surface area contributed by atoms with E-state index in [1.165, 1.54) is 11.1 Å². The van der Waals surface area contributed by atoms with E-state index in [1.807, 2.05) is 0 Å². The van der Waals surface area contributed by atoms with Gasteiger partial charge in [-0.15, -0.1) is 0 Å². The molecule has 1 aromatic carbocycles. The molecule has 1 unspecified atom stereocenters. The van der Waals surface area contributed by atoms with Crippen molar-refractivity contribution < 1.29 is 10.2 Å². The molecule has 0 radical (unpaired) electrons. The Hall–Kier alpha value is -1.12. The minimum atomic E-state index is 0.0541. The number of aliphatic hydroxyl groups is 2. The average Bonchev–Trinajstić information content (AvgIpc) is 2.80. The fourth-order valence-electron chi connectivity index (χ4n) is 6.35. The highest BCUT2D eigenvalue weighted by Gasteiger charge is 2.48. The summed E-state index contributed by atoms with van der Waals surface area (Å²) in [7, 11) is 0. The van der Waals surface area contributed by atoms with Crippen LogP contribution in [0.2, 0.25) is 0 Å². The number of hydrogen-bond acceptors (Lipinski definition) is 2. The smallest absolute Gasteiger partial charge is 0.0436 e. The molecule has 1 atom stereocenters. The Bertz CT molecular complexity index is 868. The topological polar surface area (TPSA) is 40.5 Å². The first kappa shape index (κ1) is 34.9. The molecular formula is C36H64O2. The third kappa shape index (κ3) is 8.44. The lowest BCUT2D eigenvalue weighted by Crippen LogP contribution is -2.45. The van der Waals surface area contributed by atoms with Crippen LogP contribution in [0.4, 0.5) is 0 Å². The summed E-state index contributed by atoms with van der Waals surface area (Å²) < 4.78 is 0. The third-order valence-electron chi connectivity index (χ3n) is 11.4. The standard InChI is InChI=1S/C36H64O2/c1-28(26-34(8,9)36(12,13)33(6,7)23-25-38)20-22-32(4,5)35(10,11)30(29-18-15-14-16-19-29)27-31(2,3)21-17-24-37/h14-16,18-20,30,37-38H,17,21-27H2,1-13H3/b28-20+. The van der Waals surface area contributed by atoms with Crippen LogP contribution < -0.4 is 0 Å². The van der Waals surface area contributed by atoms with E-state index in [9.17, 15) is 10.2 Å². The summed E-state index contributed by atoms with van der Waals surface area (Å²) in [5.41, 5.74) is 3.46. The Kier molecular flexibility index (Phi) is 12.0. The summed E-state index contributed by atoms with van der Waals surface area (Å²) in [6.07, 6.45) is 8.45. The Labute approximate surface area is 237 Å². The van der Waals surface area contributed by atoms with Gasteiger partial charge in [-0.3, -0.25) is 0 Å². The zero-order chi connectivity index (χ0) is 29.6. The van der Waals surface area contributed by atoms with Gasteiger partial charge in [-0.05, 0) is 89.4 Å². The first-order valence-corrected chi connectivity index (χ1v) is 15.1. The van der Waals surface area contributed by atoms with Crippen LogP contribution in [0, 0.1) is 32.5 Å². The van der Waals surface area contributed by atoms with Gasteiger partial charge in [0.1, 0.15) is 0 Å². The fourth-order valence-corrected chi connectivity index (χ4v) is 6.35. The molecule has 1 aromatic rings. The van der Waals surface area contributed by atoms with Crippen LogP contribution in [-0.4, -0.2) is 23.4 Å². The second-order valence-corrected chi connectivity index (χ2v) is 16.1. The van der Waals surface area contributed by atoms with E-state index in [4.69, 9.17) is 0 Å². The Morgan fingerprint density at radius 3 is 1.79 bits per heavy atom. The van der Waals surface area contributed by atoms with E-state index in [0.717, 1.165) is 38.5 Å². The number of benzene rings is 1. The van der Waals surface area contributed by atoms with Crippen molar-refractivity contribution in [1.82, 2.24) is 0 Å². The molecule has 0 spiro atoms. The van der Waals surface area contributed by atoms with Gasteiger partial charge in [0.15, 0.2) is 0 Å². The summed E-state index contributed by atoms with van der Waals surface area (Å²) in [4.78, 5) is 0. The molecule has 2 heteroatoms. The van der Waals surface area contributed by atoms with Gasteiger partial charge in [-0.2, -0.15) is 0 Å². The molecule has 1 rings (SSSR count). The van der Waals surface area contributed by atoms with E-state index in [1.54, 1.807) is 0 Å². The van der Waals surface area contributed by atoms with Gasteiger partial charge in [0.05, 0.1) is 0 Å². The van der Waals surface area contributed by atoms with Gasteiger partial charge in [0.25, 0.3) is 0 Å². The van der Waals surface area contributed by atoms with Gasteiger partial charge in [0.2, 0.25) is 0 Å². The molecule has 220 valence electrons. The highest BCUT2D eigenvalue weighted by atomic mass is 16.3. The van der Waals surface area contributed by atoms with Crippen molar-refractivity contribution in [2.24, 2.45) is 32.5 Å². The quantitative estimate of drug-likeness (QED) is 0.209. The predicted octanol–water partition coefficient (Wildman–Crippen LogP) is 10.2. The molecule has 0 saturated heterocycles. The number of hydrogen-bond donors (Lipinski definition) is 2. The maximum Gasteiger partial charge on any atom is 0.0436 e. The highest BCUT2D eigenvalue weighted by molar-refractivity contribution is 5.24. The highest BCUT2D eigenvalue weighted by Crippen LogP contribution is 2.57. The Morgan fingerprint density at radius 1 is 0.737 bits per heavy atom. The van der Waals surface area contributed by atoms with Crippen LogP contribution in [0.15, 0.2) is 42.0 Å². The Morgan fingerprint density at radius 2 is 1.29 bits per heavy atom. The summed E-state index contributed by atoms with van der Waals surface area (Å²) in [5, 5.41) is 19.2. The molecule has 2 N–H and O–H groups in total. The summed E-state index contributed by atoms with van der Waals surface area (Å²) in [6, 6.07) is 11.1. The van der Waals surface area contributed by atoms with Gasteiger partial charge in [0, 0.05) is 13.2 Å². The van der Waals surface area contributed by atoms with Crippen molar-refractivity contribution in [1.29, 1.82) is 0 Å². The minimum Gasteiger partial charge on any atom is -0.396 e. The monoisotopic (exact) mass is 528 g/mol. The Balaban J connectivity index is 3.25. The van der Waals surface area contributed by atoms with Crippen LogP contribution in [0.3, 0.4) is 0 Å². The van der Waals surface area contributed by atoms with Crippen molar-refractivity contribution >= 4 is 0 Å². The van der Waals surface area contributed by atoms with Crippen molar-refractivity contribution in [2.75, 3.05) is 13.2 Å². The summed E-state index contributed by atoms with van der Waals surface area (Å²) in [5.74, 6) is 0.427. The zero-order valence-electron chi connectivity index (χ0n) is 27.6. The molecule has 0 aliphatic carbocycles. The van der Waals surface area contributed by atoms with E-state index >= 15 is 0 Å². The number of rotatable bonds is 16. The molecule has 0 heterocycles. The first-order valence-electron chi connectivity index (χ1n) is 15.1. The number of aliphatic hydroxyl groups excluding tert-OH is 2. The molecule has 0 aromatic heterocycles. The molecule has 0 aliphatic heterocycles. The van der Waals surface area contributed by atoms with Crippen LogP contribution in [-0.2, 0) is 0 Å². The second-order valence-electron chi connectivity index (χ2n) is 16.1. The second kappa shape index (κ2) is 13.0. The van der Waals surface area contributed by atoms with E-state index in [2.05, 4.69) is 126 Å². The van der Waals surface area contributed by atoms with Crippen LogP contribution in [0.25, 0.3) is 0 Å². The molecule has 0 aliphatic rings. The zero-order valence-corrected chi connectivity index (χ0v) is 27.6. The van der Waals surface area contributed by atoms with Crippen LogP contribution in [0.1, 0.15) is 140 Å². The summed E-state index contributed by atoms with van der Waals surface area (Å²) in [6.45, 7) is 31.6. The SMILES string of the molecule is C/C(=C\CC(C)(C)C(C)(C)C(CC(C)(C)CCCO)c1ccccc1)CC(C)(C)C(C)(C)C(C)(C)CCO. The van der Waals surface area contributed by atoms with E-state index in [-0.39, 0.29) is 45.7 Å². The number of allylic oxidation sites excluding steroid dienone is 2. The van der Waals surface area contributed by atoms with Gasteiger partial charge in [-0.1, -0.05) is 125 Å². The lowest BCUT2D eigenvalue weighted by atomic mass is 9.52. The first-order chi connectivity index (χ1) is 17.2. The van der Waals surface area contributed by atoms with Crippen molar-refractivity contribution in [2.45, 2.75) is 134 Å². The minimum absolute atomic E-state index is 0.0541. The average molecular weight is 529 g/mol. The van der Waals surface area contributed by atoms with E-state index in [0.29, 0.717) is 5.92 Å². The molecule has 2 nitrogen and oxygen atoms in total. The summed E-state index contributed by atoms with van der Waals surface area (Å²) >= 11 is 0. The molecule has 0 amide bonds. The van der Waals surface area contributed by atoms with Crippen LogP contribution in [0.5, 0.6) is 0 Å². The molecule has 0 bridgehead atoms. The van der Waals surface area contributed by atoms with Gasteiger partial charge in [-0.25, -0.2) is 0 Å². The maximum atomic E-state index is 9.68. The van der Waals surface area contributed by atoms with Crippen molar-refractivity contribution in [3.63, 3.8) is 0 Å². The molecule has 38 heavy (non-hydrogen) atoms. The van der Waals surface area contributed by atoms with Gasteiger partial charge >= 0.3 is 0 Å². The molecular weight excluding hydrogens is 464 g/mol. The molecule has 0 fully saturated rings. The largest absolute Gasteiger partial charge is 0.396 e. The van der Waals surface area contributed by atoms with Crippen LogP contribution >= 0.6 is 0 Å². The lowest BCUT2D eigenvalue weighted by molar-refractivity contribution is -0.0329. The maximum absolute atomic E-state index is 9.68. The third-order valence-corrected chi connectivity index (χ3v) is 11.4. The predicted molar refractivity (Wildman–Crippen MR) is 167 cm³/mol.